The molecule has 2 aliphatic heterocycles. The summed E-state index contributed by atoms with van der Waals surface area (Å²) in [5.74, 6) is 0.775. The lowest BCUT2D eigenvalue weighted by Crippen LogP contribution is -2.58. The highest BCUT2D eigenvalue weighted by atomic mass is 35.5. The third kappa shape index (κ3) is 6.41. The largest absolute Gasteiger partial charge is 0.377 e. The standard InChI is InChI=1S/C31H38Cl2N6O2/c1-2-3-25-19-38(14-15-39(25)24-10-12-37(13-11-24)18-20-4-6-21(32)7-5-20)31-26(33)16-23(17-34-31)36-28-27(29(40)30(28)41)35-22-8-9-22/h4-7,16-17,22,24-25,35-36H,2-3,8-15,18-19H2,1H3/t25-/m0/s1. The van der Waals surface area contributed by atoms with Gasteiger partial charge in [-0.25, -0.2) is 4.98 Å². The van der Waals surface area contributed by atoms with E-state index in [9.17, 15) is 9.59 Å². The van der Waals surface area contributed by atoms with Gasteiger partial charge in [0.05, 0.1) is 16.9 Å². The lowest BCUT2D eigenvalue weighted by molar-refractivity contribution is 0.0589. The quantitative estimate of drug-likeness (QED) is 0.307. The van der Waals surface area contributed by atoms with Crippen molar-refractivity contribution >= 4 is 46.1 Å². The van der Waals surface area contributed by atoms with Gasteiger partial charge in [-0.05, 0) is 69.0 Å². The SMILES string of the molecule is CCC[C@H]1CN(c2ncc(Nc3c(NC4CC4)c(=O)c3=O)cc2Cl)CCN1C1CCN(Cc2ccc(Cl)cc2)CC1. The van der Waals surface area contributed by atoms with E-state index in [-0.39, 0.29) is 0 Å². The van der Waals surface area contributed by atoms with E-state index in [0.717, 1.165) is 75.8 Å². The van der Waals surface area contributed by atoms with Gasteiger partial charge in [-0.2, -0.15) is 0 Å². The first kappa shape index (κ1) is 28.5. The van der Waals surface area contributed by atoms with Crippen molar-refractivity contribution in [1.29, 1.82) is 0 Å². The molecule has 2 saturated heterocycles. The summed E-state index contributed by atoms with van der Waals surface area (Å²) in [6, 6.07) is 11.3. The fourth-order valence-electron chi connectivity index (χ4n) is 6.35. The fraction of sp³-hybridized carbons (Fsp3) is 0.516. The van der Waals surface area contributed by atoms with Crippen LogP contribution in [0.15, 0.2) is 46.1 Å². The summed E-state index contributed by atoms with van der Waals surface area (Å²) < 4.78 is 0. The summed E-state index contributed by atoms with van der Waals surface area (Å²) in [6.07, 6.45) is 8.39. The van der Waals surface area contributed by atoms with Crippen LogP contribution in [0, 0.1) is 0 Å². The van der Waals surface area contributed by atoms with Gasteiger partial charge in [-0.15, -0.1) is 0 Å². The third-order valence-corrected chi connectivity index (χ3v) is 9.25. The van der Waals surface area contributed by atoms with E-state index in [2.05, 4.69) is 44.4 Å². The van der Waals surface area contributed by atoms with Gasteiger partial charge in [0.25, 0.3) is 10.9 Å². The van der Waals surface area contributed by atoms with Crippen molar-refractivity contribution in [3.8, 4) is 0 Å². The first-order valence-corrected chi connectivity index (χ1v) is 15.6. The molecule has 2 aromatic carbocycles. The Labute approximate surface area is 251 Å². The van der Waals surface area contributed by atoms with E-state index in [4.69, 9.17) is 28.2 Å². The van der Waals surface area contributed by atoms with Crippen LogP contribution in [0.3, 0.4) is 0 Å². The number of halogens is 2. The number of nitrogens with one attached hydrogen (secondary N) is 2. The van der Waals surface area contributed by atoms with E-state index >= 15 is 0 Å². The number of rotatable bonds is 10. The van der Waals surface area contributed by atoms with Crippen molar-refractivity contribution in [2.75, 3.05) is 48.3 Å². The van der Waals surface area contributed by atoms with E-state index in [1.807, 2.05) is 12.1 Å². The molecule has 2 N–H and O–H groups in total. The van der Waals surface area contributed by atoms with Crippen LogP contribution >= 0.6 is 23.2 Å². The molecular weight excluding hydrogens is 559 g/mol. The molecule has 1 aromatic heterocycles. The minimum absolute atomic E-state index is 0.291. The fourth-order valence-corrected chi connectivity index (χ4v) is 6.76. The molecule has 3 aliphatic rings. The number of pyridine rings is 1. The zero-order chi connectivity index (χ0) is 28.5. The Kier molecular flexibility index (Phi) is 8.54. The Morgan fingerprint density at radius 3 is 2.37 bits per heavy atom. The van der Waals surface area contributed by atoms with Crippen molar-refractivity contribution in [1.82, 2.24) is 14.8 Å². The molecule has 3 heterocycles. The lowest BCUT2D eigenvalue weighted by Gasteiger charge is -2.48. The molecule has 0 unspecified atom stereocenters. The number of likely N-dealkylation sites (tertiary alicyclic amines) is 1. The maximum atomic E-state index is 12.2. The number of hydrogen-bond acceptors (Lipinski definition) is 8. The molecule has 1 aliphatic carbocycles. The van der Waals surface area contributed by atoms with Crippen LogP contribution in [-0.2, 0) is 6.54 Å². The summed E-state index contributed by atoms with van der Waals surface area (Å²) in [7, 11) is 0. The smallest absolute Gasteiger partial charge is 0.253 e. The number of anilines is 4. The number of piperazine rings is 1. The average Bonchev–Trinajstić information content (AvgIpc) is 3.81. The maximum Gasteiger partial charge on any atom is 0.253 e. The third-order valence-electron chi connectivity index (χ3n) is 8.72. The molecule has 0 amide bonds. The molecule has 218 valence electrons. The number of nitrogens with zero attached hydrogens (tertiary/aromatic N) is 4. The Hall–Kier alpha value is -2.65. The second-order valence-corrected chi connectivity index (χ2v) is 12.6. The number of piperidine rings is 1. The van der Waals surface area contributed by atoms with Gasteiger partial charge in [0.15, 0.2) is 0 Å². The summed E-state index contributed by atoms with van der Waals surface area (Å²) >= 11 is 12.8. The molecule has 0 spiro atoms. The van der Waals surface area contributed by atoms with Crippen LogP contribution in [0.25, 0.3) is 0 Å². The van der Waals surface area contributed by atoms with Crippen LogP contribution < -0.4 is 26.4 Å². The Balaban J connectivity index is 1.06. The van der Waals surface area contributed by atoms with Gasteiger partial charge < -0.3 is 15.5 Å². The molecule has 41 heavy (non-hydrogen) atoms. The predicted octanol–water partition coefficient (Wildman–Crippen LogP) is 5.26. The minimum atomic E-state index is -0.498. The molecular formula is C31H38Cl2N6O2. The van der Waals surface area contributed by atoms with Crippen LogP contribution in [0.1, 0.15) is 51.0 Å². The summed E-state index contributed by atoms with van der Waals surface area (Å²) in [5.41, 5.74) is 1.66. The topological polar surface area (TPSA) is 80.8 Å². The maximum absolute atomic E-state index is 12.2. The van der Waals surface area contributed by atoms with Crippen molar-refractivity contribution in [2.45, 2.75) is 70.1 Å². The Bertz CT molecular complexity index is 1430. The van der Waals surface area contributed by atoms with Crippen molar-refractivity contribution < 1.29 is 0 Å². The Morgan fingerprint density at radius 1 is 0.951 bits per heavy atom. The van der Waals surface area contributed by atoms with Crippen LogP contribution in [-0.4, -0.2) is 65.6 Å². The van der Waals surface area contributed by atoms with Gasteiger partial charge in [0.2, 0.25) is 0 Å². The second kappa shape index (κ2) is 12.3. The van der Waals surface area contributed by atoms with Crippen LogP contribution in [0.2, 0.25) is 10.0 Å². The number of hydrogen-bond donors (Lipinski definition) is 2. The van der Waals surface area contributed by atoms with Crippen LogP contribution in [0.4, 0.5) is 22.9 Å². The van der Waals surface area contributed by atoms with E-state index < -0.39 is 10.9 Å². The van der Waals surface area contributed by atoms with E-state index in [1.165, 1.54) is 18.4 Å². The van der Waals surface area contributed by atoms with Crippen molar-refractivity contribution in [2.24, 2.45) is 0 Å². The van der Waals surface area contributed by atoms with E-state index in [1.54, 1.807) is 12.3 Å². The monoisotopic (exact) mass is 596 g/mol. The molecule has 8 nitrogen and oxygen atoms in total. The second-order valence-electron chi connectivity index (χ2n) is 11.7. The zero-order valence-electron chi connectivity index (χ0n) is 23.5. The summed E-state index contributed by atoms with van der Waals surface area (Å²) in [4.78, 5) is 36.5. The highest BCUT2D eigenvalue weighted by Gasteiger charge is 2.34. The first-order chi connectivity index (χ1) is 19.9. The van der Waals surface area contributed by atoms with Gasteiger partial charge >= 0.3 is 0 Å². The van der Waals surface area contributed by atoms with Gasteiger partial charge in [0, 0.05) is 49.3 Å². The highest BCUT2D eigenvalue weighted by Crippen LogP contribution is 2.33. The molecule has 1 atom stereocenters. The summed E-state index contributed by atoms with van der Waals surface area (Å²) in [6.45, 7) is 8.21. The normalized spacial score (nSPS) is 21.0. The van der Waals surface area contributed by atoms with Crippen molar-refractivity contribution in [3.05, 3.63) is 72.6 Å². The minimum Gasteiger partial charge on any atom is -0.377 e. The molecule has 10 heteroatoms. The molecule has 3 fully saturated rings. The predicted molar refractivity (Wildman–Crippen MR) is 168 cm³/mol. The molecule has 0 bridgehead atoms. The highest BCUT2D eigenvalue weighted by molar-refractivity contribution is 6.33. The number of aromatic nitrogens is 1. The first-order valence-electron chi connectivity index (χ1n) is 14.9. The molecule has 6 rings (SSSR count). The lowest BCUT2D eigenvalue weighted by atomic mass is 9.97. The van der Waals surface area contributed by atoms with Crippen LogP contribution in [0.5, 0.6) is 0 Å². The summed E-state index contributed by atoms with van der Waals surface area (Å²) in [5, 5.41) is 7.56. The molecule has 0 radical (unpaired) electrons. The average molecular weight is 598 g/mol. The van der Waals surface area contributed by atoms with Gasteiger partial charge in [-0.3, -0.25) is 19.4 Å². The van der Waals surface area contributed by atoms with Gasteiger partial charge in [-0.1, -0.05) is 48.7 Å². The van der Waals surface area contributed by atoms with E-state index in [0.29, 0.717) is 40.2 Å². The molecule has 1 saturated carbocycles. The Morgan fingerprint density at radius 2 is 1.68 bits per heavy atom. The van der Waals surface area contributed by atoms with Crippen molar-refractivity contribution in [3.63, 3.8) is 0 Å². The number of benzene rings is 1. The molecule has 3 aromatic rings. The zero-order valence-corrected chi connectivity index (χ0v) is 25.1. The van der Waals surface area contributed by atoms with Gasteiger partial charge in [0.1, 0.15) is 17.2 Å².